The van der Waals surface area contributed by atoms with Crippen LogP contribution in [-0.2, 0) is 0 Å². The van der Waals surface area contributed by atoms with Gasteiger partial charge in [0.1, 0.15) is 0 Å². The number of rotatable bonds is 6. The Balaban J connectivity index is 1.21. The Morgan fingerprint density at radius 1 is 0.265 bits per heavy atom. The summed E-state index contributed by atoms with van der Waals surface area (Å²) in [6.07, 6.45) is 0. The lowest BCUT2D eigenvalue weighted by molar-refractivity contribution is 1.29. The van der Waals surface area contributed by atoms with Crippen LogP contribution in [0.4, 0.5) is 17.1 Å². The Morgan fingerprint density at radius 2 is 0.816 bits per heavy atom. The van der Waals surface area contributed by atoms with Crippen LogP contribution in [0.15, 0.2) is 200 Å². The normalized spacial score (nSPS) is 11.3. The summed E-state index contributed by atoms with van der Waals surface area (Å²) in [6.45, 7) is 0. The molecule has 0 aromatic heterocycles. The third-order valence-corrected chi connectivity index (χ3v) is 9.62. The van der Waals surface area contributed by atoms with E-state index in [1.165, 1.54) is 65.7 Å². The fraction of sp³-hybridized carbons (Fsp3) is 0. The Hall–Kier alpha value is -6.44. The molecule has 1 heteroatoms. The highest BCUT2D eigenvalue weighted by atomic mass is 15.1. The largest absolute Gasteiger partial charge is 0.310 e. The lowest BCUT2D eigenvalue weighted by Crippen LogP contribution is -2.11. The molecule has 9 aromatic carbocycles. The maximum Gasteiger partial charge on any atom is 0.0540 e. The number of nitrogens with zero attached hydrogens (tertiary/aromatic N) is 1. The van der Waals surface area contributed by atoms with Gasteiger partial charge >= 0.3 is 0 Å². The molecule has 0 N–H and O–H groups in total. The predicted octanol–water partition coefficient (Wildman–Crippen LogP) is 13.6. The number of benzene rings is 9. The second-order valence-corrected chi connectivity index (χ2v) is 12.6. The predicted molar refractivity (Wildman–Crippen MR) is 210 cm³/mol. The van der Waals surface area contributed by atoms with E-state index < -0.39 is 0 Å². The maximum atomic E-state index is 2.41. The first-order valence-corrected chi connectivity index (χ1v) is 16.8. The molecule has 0 heterocycles. The van der Waals surface area contributed by atoms with Crippen LogP contribution >= 0.6 is 0 Å². The standard InChI is InChI=1S/C48H33N/c1-2-13-35(14-3-1)47-24-8-9-26-48(47)49(42-29-30-46-40(33-42)28-27-36-16-5-7-23-44(36)46)41-21-11-19-38(32-41)37-18-10-20-39(31-37)45-25-12-17-34-15-4-6-22-43(34)45/h1-33H. The zero-order chi connectivity index (χ0) is 32.6. The van der Waals surface area contributed by atoms with E-state index in [-0.39, 0.29) is 0 Å². The Kier molecular flexibility index (Phi) is 7.22. The molecule has 9 aromatic rings. The highest BCUT2D eigenvalue weighted by molar-refractivity contribution is 6.09. The second-order valence-electron chi connectivity index (χ2n) is 12.6. The lowest BCUT2D eigenvalue weighted by Gasteiger charge is -2.28. The van der Waals surface area contributed by atoms with E-state index in [1.54, 1.807) is 0 Å². The summed E-state index contributed by atoms with van der Waals surface area (Å²) >= 11 is 0. The molecule has 0 radical (unpaired) electrons. The van der Waals surface area contributed by atoms with Crippen LogP contribution in [0.25, 0.3) is 65.7 Å². The Labute approximate surface area is 287 Å². The van der Waals surface area contributed by atoms with Crippen molar-refractivity contribution >= 4 is 49.4 Å². The minimum atomic E-state index is 1.11. The van der Waals surface area contributed by atoms with Gasteiger partial charge in [-0.15, -0.1) is 0 Å². The van der Waals surface area contributed by atoms with E-state index in [9.17, 15) is 0 Å². The monoisotopic (exact) mass is 623 g/mol. The highest BCUT2D eigenvalue weighted by Gasteiger charge is 2.18. The molecular formula is C48H33N. The van der Waals surface area contributed by atoms with Gasteiger partial charge in [-0.3, -0.25) is 0 Å². The van der Waals surface area contributed by atoms with Crippen LogP contribution in [0, 0.1) is 0 Å². The van der Waals surface area contributed by atoms with Gasteiger partial charge < -0.3 is 4.90 Å². The quantitative estimate of drug-likeness (QED) is 0.167. The smallest absolute Gasteiger partial charge is 0.0540 e. The van der Waals surface area contributed by atoms with Gasteiger partial charge in [0.2, 0.25) is 0 Å². The molecule has 1 nitrogen and oxygen atoms in total. The molecule has 9 rings (SSSR count). The fourth-order valence-corrected chi connectivity index (χ4v) is 7.27. The zero-order valence-corrected chi connectivity index (χ0v) is 27.0. The summed E-state index contributed by atoms with van der Waals surface area (Å²) in [7, 11) is 0. The molecule has 0 unspecified atom stereocenters. The number of hydrogen-bond donors (Lipinski definition) is 0. The van der Waals surface area contributed by atoms with Crippen LogP contribution in [0.1, 0.15) is 0 Å². The molecule has 0 atom stereocenters. The summed E-state index contributed by atoms with van der Waals surface area (Å²) < 4.78 is 0. The van der Waals surface area contributed by atoms with Gasteiger partial charge in [-0.25, -0.2) is 0 Å². The van der Waals surface area contributed by atoms with Gasteiger partial charge in [-0.05, 0) is 96.5 Å². The van der Waals surface area contributed by atoms with Crippen molar-refractivity contribution in [2.45, 2.75) is 0 Å². The first-order chi connectivity index (χ1) is 24.3. The summed E-state index contributed by atoms with van der Waals surface area (Å²) in [5.41, 5.74) is 10.6. The Bertz CT molecular complexity index is 2610. The summed E-state index contributed by atoms with van der Waals surface area (Å²) in [5, 5.41) is 7.53. The summed E-state index contributed by atoms with van der Waals surface area (Å²) in [4.78, 5) is 2.41. The average molecular weight is 624 g/mol. The van der Waals surface area contributed by atoms with Crippen molar-refractivity contribution < 1.29 is 0 Å². The van der Waals surface area contributed by atoms with E-state index in [1.807, 2.05) is 0 Å². The molecule has 0 spiro atoms. The average Bonchev–Trinajstić information content (AvgIpc) is 3.18. The SMILES string of the molecule is c1ccc(-c2ccccc2N(c2cccc(-c3cccc(-c4cccc5ccccc45)c3)c2)c2ccc3c(ccc4ccccc43)c2)cc1. The highest BCUT2D eigenvalue weighted by Crippen LogP contribution is 2.43. The van der Waals surface area contributed by atoms with Gasteiger partial charge in [0.15, 0.2) is 0 Å². The molecule has 0 fully saturated rings. The van der Waals surface area contributed by atoms with E-state index in [0.717, 1.165) is 17.1 Å². The van der Waals surface area contributed by atoms with Crippen molar-refractivity contribution in [1.82, 2.24) is 0 Å². The lowest BCUT2D eigenvalue weighted by atomic mass is 9.95. The van der Waals surface area contributed by atoms with Gasteiger partial charge in [-0.2, -0.15) is 0 Å². The third-order valence-electron chi connectivity index (χ3n) is 9.62. The van der Waals surface area contributed by atoms with Crippen LogP contribution < -0.4 is 4.90 Å². The first-order valence-electron chi connectivity index (χ1n) is 16.8. The number of hydrogen-bond acceptors (Lipinski definition) is 1. The first kappa shape index (κ1) is 28.8. The van der Waals surface area contributed by atoms with Crippen molar-refractivity contribution in [2.75, 3.05) is 4.90 Å². The number of fused-ring (bicyclic) bond motifs is 4. The maximum absolute atomic E-state index is 2.41. The minimum Gasteiger partial charge on any atom is -0.310 e. The molecule has 230 valence electrons. The van der Waals surface area contributed by atoms with Crippen LogP contribution in [-0.4, -0.2) is 0 Å². The molecule has 0 saturated carbocycles. The van der Waals surface area contributed by atoms with Gasteiger partial charge in [0.25, 0.3) is 0 Å². The van der Waals surface area contributed by atoms with Crippen molar-refractivity contribution in [3.63, 3.8) is 0 Å². The van der Waals surface area contributed by atoms with Gasteiger partial charge in [-0.1, -0.05) is 164 Å². The Morgan fingerprint density at radius 3 is 1.69 bits per heavy atom. The number of anilines is 3. The zero-order valence-electron chi connectivity index (χ0n) is 27.0. The summed E-state index contributed by atoms with van der Waals surface area (Å²) in [6, 6.07) is 72.5. The van der Waals surface area contributed by atoms with E-state index in [4.69, 9.17) is 0 Å². The molecule has 0 aliphatic heterocycles. The second kappa shape index (κ2) is 12.3. The molecule has 0 amide bonds. The molecule has 0 aliphatic carbocycles. The van der Waals surface area contributed by atoms with Crippen LogP contribution in [0.5, 0.6) is 0 Å². The van der Waals surface area contributed by atoms with Gasteiger partial charge in [0, 0.05) is 16.9 Å². The van der Waals surface area contributed by atoms with Crippen LogP contribution in [0.2, 0.25) is 0 Å². The fourth-order valence-electron chi connectivity index (χ4n) is 7.27. The van der Waals surface area contributed by atoms with Crippen molar-refractivity contribution in [3.05, 3.63) is 200 Å². The van der Waals surface area contributed by atoms with Crippen molar-refractivity contribution in [3.8, 4) is 33.4 Å². The molecular weight excluding hydrogens is 591 g/mol. The van der Waals surface area contributed by atoms with E-state index in [2.05, 4.69) is 205 Å². The minimum absolute atomic E-state index is 1.11. The molecule has 0 saturated heterocycles. The molecule has 0 bridgehead atoms. The van der Waals surface area contributed by atoms with Crippen LogP contribution in [0.3, 0.4) is 0 Å². The van der Waals surface area contributed by atoms with E-state index in [0.29, 0.717) is 0 Å². The number of para-hydroxylation sites is 1. The molecule has 49 heavy (non-hydrogen) atoms. The third kappa shape index (κ3) is 5.32. The summed E-state index contributed by atoms with van der Waals surface area (Å²) in [5.74, 6) is 0. The van der Waals surface area contributed by atoms with E-state index >= 15 is 0 Å². The van der Waals surface area contributed by atoms with Crippen molar-refractivity contribution in [1.29, 1.82) is 0 Å². The topological polar surface area (TPSA) is 3.24 Å². The van der Waals surface area contributed by atoms with Gasteiger partial charge in [0.05, 0.1) is 5.69 Å². The molecule has 0 aliphatic rings. The van der Waals surface area contributed by atoms with Crippen molar-refractivity contribution in [2.24, 2.45) is 0 Å².